The summed E-state index contributed by atoms with van der Waals surface area (Å²) < 4.78 is 52.0. The van der Waals surface area contributed by atoms with E-state index in [1.807, 2.05) is 6.07 Å². The van der Waals surface area contributed by atoms with Gasteiger partial charge in [0.05, 0.1) is 25.4 Å². The van der Waals surface area contributed by atoms with E-state index in [-0.39, 0.29) is 32.5 Å². The molecule has 0 aliphatic carbocycles. The van der Waals surface area contributed by atoms with Crippen molar-refractivity contribution in [1.29, 1.82) is 5.26 Å². The highest BCUT2D eigenvalue weighted by atomic mass is 32.3. The van der Waals surface area contributed by atoms with E-state index in [0.717, 1.165) is 12.8 Å². The highest BCUT2D eigenvalue weighted by molar-refractivity contribution is 7.80. The molecule has 2 N–H and O–H groups in total. The number of imidazole rings is 1. The first-order chi connectivity index (χ1) is 17.3. The summed E-state index contributed by atoms with van der Waals surface area (Å²) >= 11 is 0. The molecule has 1 aliphatic rings. The maximum absolute atomic E-state index is 10.5. The van der Waals surface area contributed by atoms with Gasteiger partial charge in [0.15, 0.2) is 17.2 Å². The van der Waals surface area contributed by atoms with Gasteiger partial charge in [0.1, 0.15) is 30.3 Å². The van der Waals surface area contributed by atoms with Gasteiger partial charge in [0, 0.05) is 31.5 Å². The molecule has 2 aromatic heterocycles. The summed E-state index contributed by atoms with van der Waals surface area (Å²) in [6, 6.07) is 3.92. The molecule has 36 heavy (non-hydrogen) atoms. The number of pyridine rings is 1. The Kier molecular flexibility index (Phi) is 9.91. The number of ether oxygens (including phenoxy) is 3. The molecule has 0 saturated carbocycles. The Bertz CT molecular complexity index is 1260. The largest absolute Gasteiger partial charge is 0.487 e. The molecule has 1 fully saturated rings. The number of nitriles is 1. The van der Waals surface area contributed by atoms with Crippen LogP contribution >= 0.6 is 0 Å². The standard InChI is InChI=1S/C22H28N6O7S/c1-3-17(13-23)14-24-16(2)28-15-25-19-12-20(34-10-8-33-9-11-35-36(29,30)31)21(27-22(19)28)26-18-4-6-32-7-5-18/h3,12,14-15,18H,2,4-11H2,1H3,(H,26,27)(H,29,30,31)/b17-3-,24-14?. The Morgan fingerprint density at radius 3 is 2.83 bits per heavy atom. The van der Waals surface area contributed by atoms with Gasteiger partial charge in [-0.15, -0.1) is 0 Å². The lowest BCUT2D eigenvalue weighted by Gasteiger charge is -2.24. The van der Waals surface area contributed by atoms with Gasteiger partial charge in [-0.25, -0.2) is 19.1 Å². The molecular formula is C22H28N6O7S. The van der Waals surface area contributed by atoms with E-state index in [4.69, 9.17) is 29.0 Å². The third-order valence-corrected chi connectivity index (χ3v) is 5.53. The van der Waals surface area contributed by atoms with E-state index in [0.29, 0.717) is 47.3 Å². The van der Waals surface area contributed by atoms with E-state index in [2.05, 4.69) is 26.1 Å². The Labute approximate surface area is 209 Å². The molecule has 0 radical (unpaired) electrons. The zero-order chi connectivity index (χ0) is 26.0. The van der Waals surface area contributed by atoms with Crippen LogP contribution < -0.4 is 10.1 Å². The third kappa shape index (κ3) is 8.11. The van der Waals surface area contributed by atoms with Crippen LogP contribution in [0.4, 0.5) is 5.82 Å². The van der Waals surface area contributed by atoms with Crippen LogP contribution in [0.15, 0.2) is 35.6 Å². The van der Waals surface area contributed by atoms with E-state index in [1.54, 1.807) is 30.0 Å². The third-order valence-electron chi connectivity index (χ3n) is 5.07. The normalized spacial score (nSPS) is 15.3. The van der Waals surface area contributed by atoms with Crippen molar-refractivity contribution in [3.05, 3.63) is 30.6 Å². The molecule has 2 aromatic rings. The number of anilines is 1. The Hall–Kier alpha value is -3.35. The summed E-state index contributed by atoms with van der Waals surface area (Å²) in [6.45, 7) is 6.94. The second kappa shape index (κ2) is 13.1. The molecule has 13 nitrogen and oxygen atoms in total. The van der Waals surface area contributed by atoms with E-state index < -0.39 is 10.4 Å². The van der Waals surface area contributed by atoms with E-state index >= 15 is 0 Å². The molecule has 0 amide bonds. The number of nitrogens with zero attached hydrogens (tertiary/aromatic N) is 5. The smallest absolute Gasteiger partial charge is 0.397 e. The summed E-state index contributed by atoms with van der Waals surface area (Å²) in [4.78, 5) is 13.4. The van der Waals surface area contributed by atoms with Crippen molar-refractivity contribution < 1.29 is 31.4 Å². The average Bonchev–Trinajstić information content (AvgIpc) is 3.26. The van der Waals surface area contributed by atoms with Crippen LogP contribution in [0.2, 0.25) is 0 Å². The summed E-state index contributed by atoms with van der Waals surface area (Å²) in [6.07, 6.45) is 6.23. The number of allylic oxidation sites excluding steroid dienone is 2. The van der Waals surface area contributed by atoms with Crippen LogP contribution in [-0.2, 0) is 24.1 Å². The summed E-state index contributed by atoms with van der Waals surface area (Å²) in [5.41, 5.74) is 1.46. The van der Waals surface area contributed by atoms with Gasteiger partial charge in [0.25, 0.3) is 0 Å². The van der Waals surface area contributed by atoms with Crippen molar-refractivity contribution in [2.45, 2.75) is 25.8 Å². The van der Waals surface area contributed by atoms with Crippen LogP contribution in [-0.4, -0.2) is 79.4 Å². The predicted molar refractivity (Wildman–Crippen MR) is 132 cm³/mol. The van der Waals surface area contributed by atoms with Gasteiger partial charge >= 0.3 is 10.4 Å². The fraction of sp³-hybridized carbons (Fsp3) is 0.455. The molecule has 0 atom stereocenters. The monoisotopic (exact) mass is 520 g/mol. The molecule has 0 bridgehead atoms. The van der Waals surface area contributed by atoms with Gasteiger partial charge < -0.3 is 19.5 Å². The molecule has 0 spiro atoms. The lowest BCUT2D eigenvalue weighted by Crippen LogP contribution is -2.28. The van der Waals surface area contributed by atoms with Gasteiger partial charge in [0.2, 0.25) is 0 Å². The lowest BCUT2D eigenvalue weighted by molar-refractivity contribution is 0.0748. The van der Waals surface area contributed by atoms with Crippen molar-refractivity contribution in [2.75, 3.05) is 45.0 Å². The molecule has 0 unspecified atom stereocenters. The molecule has 0 aromatic carbocycles. The molecule has 14 heteroatoms. The zero-order valence-electron chi connectivity index (χ0n) is 19.8. The maximum Gasteiger partial charge on any atom is 0.397 e. The first-order valence-corrected chi connectivity index (χ1v) is 12.5. The SMILES string of the molecule is C=C(N=C/C(C#N)=C\C)n1cnc2cc(OCCOCCOS(=O)(=O)O)c(NC3CCOCC3)nc21. The van der Waals surface area contributed by atoms with Crippen LogP contribution in [0.25, 0.3) is 17.0 Å². The van der Waals surface area contributed by atoms with Crippen molar-refractivity contribution in [1.82, 2.24) is 14.5 Å². The van der Waals surface area contributed by atoms with Gasteiger partial charge in [-0.05, 0) is 19.8 Å². The molecule has 194 valence electrons. The van der Waals surface area contributed by atoms with Crippen molar-refractivity contribution in [2.24, 2.45) is 4.99 Å². The second-order valence-corrected chi connectivity index (χ2v) is 8.66. The number of aromatic nitrogens is 3. The van der Waals surface area contributed by atoms with Gasteiger partial charge in [-0.2, -0.15) is 13.7 Å². The minimum atomic E-state index is -4.49. The van der Waals surface area contributed by atoms with Gasteiger partial charge in [-0.3, -0.25) is 9.12 Å². The van der Waals surface area contributed by atoms with Crippen LogP contribution in [0.5, 0.6) is 5.75 Å². The van der Waals surface area contributed by atoms with Crippen molar-refractivity contribution in [3.8, 4) is 11.8 Å². The van der Waals surface area contributed by atoms with Gasteiger partial charge in [-0.1, -0.05) is 12.7 Å². The summed E-state index contributed by atoms with van der Waals surface area (Å²) in [7, 11) is -4.49. The second-order valence-electron chi connectivity index (χ2n) is 7.56. The number of fused-ring (bicyclic) bond motifs is 1. The Morgan fingerprint density at radius 2 is 2.14 bits per heavy atom. The van der Waals surface area contributed by atoms with Crippen LogP contribution in [0.3, 0.4) is 0 Å². The minimum absolute atomic E-state index is 0.0403. The molecule has 1 aliphatic heterocycles. The van der Waals surface area contributed by atoms with Crippen LogP contribution in [0.1, 0.15) is 19.8 Å². The topological polar surface area (TPSA) is 170 Å². The summed E-state index contributed by atoms with van der Waals surface area (Å²) in [5, 5.41) is 12.5. The lowest BCUT2D eigenvalue weighted by atomic mass is 10.1. The number of hydrogen-bond acceptors (Lipinski definition) is 11. The number of aliphatic imine (C=N–C) groups is 1. The van der Waals surface area contributed by atoms with E-state index in [1.165, 1.54) is 6.21 Å². The van der Waals surface area contributed by atoms with Crippen molar-refractivity contribution in [3.63, 3.8) is 0 Å². The minimum Gasteiger partial charge on any atom is -0.487 e. The quantitative estimate of drug-likeness (QED) is 0.172. The first-order valence-electron chi connectivity index (χ1n) is 11.1. The fourth-order valence-electron chi connectivity index (χ4n) is 3.24. The zero-order valence-corrected chi connectivity index (χ0v) is 20.6. The first kappa shape index (κ1) is 27.2. The Balaban J connectivity index is 1.74. The molecule has 1 saturated heterocycles. The fourth-order valence-corrected chi connectivity index (χ4v) is 3.52. The number of nitrogens with one attached hydrogen (secondary N) is 1. The molecular weight excluding hydrogens is 492 g/mol. The highest BCUT2D eigenvalue weighted by Gasteiger charge is 2.19. The molecule has 3 heterocycles. The maximum atomic E-state index is 10.5. The van der Waals surface area contributed by atoms with E-state index in [9.17, 15) is 8.42 Å². The van der Waals surface area contributed by atoms with Crippen molar-refractivity contribution >= 4 is 39.4 Å². The average molecular weight is 521 g/mol. The highest BCUT2D eigenvalue weighted by Crippen LogP contribution is 2.29. The van der Waals surface area contributed by atoms with Crippen LogP contribution in [0, 0.1) is 11.3 Å². The Morgan fingerprint density at radius 1 is 1.39 bits per heavy atom. The number of rotatable bonds is 13. The predicted octanol–water partition coefficient (Wildman–Crippen LogP) is 2.21. The summed E-state index contributed by atoms with van der Waals surface area (Å²) in [5.74, 6) is 1.31. The number of hydrogen-bond donors (Lipinski definition) is 2. The molecule has 3 rings (SSSR count).